The minimum atomic E-state index is -3.08. The van der Waals surface area contributed by atoms with Gasteiger partial charge in [0.2, 0.25) is 17.4 Å². The number of halogens is 2. The molecule has 0 saturated heterocycles. The molecule has 1 heterocycles. The lowest BCUT2D eigenvalue weighted by molar-refractivity contribution is -0.129. The smallest absolute Gasteiger partial charge is 0.387 e. The topological polar surface area (TPSA) is 94.0 Å². The van der Waals surface area contributed by atoms with Gasteiger partial charge in [-0.25, -0.2) is 9.79 Å². The number of cyclic esters (lactones) is 1. The maximum Gasteiger partial charge on any atom is 0.387 e. The van der Waals surface area contributed by atoms with Crippen LogP contribution in [0.1, 0.15) is 11.1 Å². The number of ether oxygens (including phenoxy) is 7. The minimum Gasteiger partial charge on any atom is -0.493 e. The van der Waals surface area contributed by atoms with Gasteiger partial charge < -0.3 is 33.2 Å². The van der Waals surface area contributed by atoms with Crippen molar-refractivity contribution < 1.29 is 46.7 Å². The second-order valence-corrected chi connectivity index (χ2v) is 6.38. The number of benzene rings is 2. The summed E-state index contributed by atoms with van der Waals surface area (Å²) in [4.78, 5) is 16.7. The van der Waals surface area contributed by atoms with Gasteiger partial charge in [-0.2, -0.15) is 8.78 Å². The molecular formula is C22H21F2NO8. The maximum atomic E-state index is 12.7. The third-order valence-electron chi connectivity index (χ3n) is 4.53. The lowest BCUT2D eigenvalue weighted by Gasteiger charge is -2.14. The van der Waals surface area contributed by atoms with Gasteiger partial charge in [0.25, 0.3) is 0 Å². The lowest BCUT2D eigenvalue weighted by atomic mass is 10.1. The zero-order valence-electron chi connectivity index (χ0n) is 18.4. The Morgan fingerprint density at radius 2 is 1.33 bits per heavy atom. The van der Waals surface area contributed by atoms with Crippen molar-refractivity contribution in [2.24, 2.45) is 4.99 Å². The minimum absolute atomic E-state index is 0.0123. The fraction of sp³-hybridized carbons (Fsp3) is 0.273. The van der Waals surface area contributed by atoms with E-state index in [1.807, 2.05) is 0 Å². The Morgan fingerprint density at radius 3 is 1.79 bits per heavy atom. The Kier molecular flexibility index (Phi) is 7.21. The molecule has 9 nitrogen and oxygen atoms in total. The highest BCUT2D eigenvalue weighted by molar-refractivity contribution is 6.13. The van der Waals surface area contributed by atoms with Crippen LogP contribution in [0.25, 0.3) is 6.08 Å². The summed E-state index contributed by atoms with van der Waals surface area (Å²) >= 11 is 0. The molecule has 0 N–H and O–H groups in total. The standard InChI is InChI=1S/C22H21F2NO8/c1-27-14-7-11(8-15(28-2)19(14)32-22(23)24)6-13-21(26)33-20(25-13)12-9-16(29-3)18(31-5)17(10-12)30-4/h6-10,22H,1-5H3/b13-6-. The van der Waals surface area contributed by atoms with Crippen LogP contribution < -0.4 is 28.4 Å². The van der Waals surface area contributed by atoms with Crippen molar-refractivity contribution in [2.75, 3.05) is 35.5 Å². The zero-order valence-corrected chi connectivity index (χ0v) is 18.4. The molecule has 0 atom stereocenters. The second kappa shape index (κ2) is 10.1. The number of hydrogen-bond donors (Lipinski definition) is 0. The van der Waals surface area contributed by atoms with Crippen molar-refractivity contribution in [3.8, 4) is 34.5 Å². The van der Waals surface area contributed by atoms with E-state index in [-0.39, 0.29) is 28.8 Å². The van der Waals surface area contributed by atoms with Gasteiger partial charge in [-0.15, -0.1) is 0 Å². The van der Waals surface area contributed by atoms with Crippen molar-refractivity contribution in [3.63, 3.8) is 0 Å². The van der Waals surface area contributed by atoms with E-state index in [1.54, 1.807) is 12.1 Å². The van der Waals surface area contributed by atoms with E-state index in [0.29, 0.717) is 28.4 Å². The van der Waals surface area contributed by atoms with Crippen LogP contribution in [0.2, 0.25) is 0 Å². The molecule has 1 aliphatic rings. The van der Waals surface area contributed by atoms with Crippen molar-refractivity contribution in [1.82, 2.24) is 0 Å². The molecule has 0 unspecified atom stereocenters. The molecule has 1 aliphatic heterocycles. The third kappa shape index (κ3) is 4.92. The Bertz CT molecular complexity index is 1060. The third-order valence-corrected chi connectivity index (χ3v) is 4.53. The number of esters is 1. The molecule has 2 aromatic carbocycles. The van der Waals surface area contributed by atoms with Gasteiger partial charge in [-0.05, 0) is 35.9 Å². The first-order valence-electron chi connectivity index (χ1n) is 9.38. The van der Waals surface area contributed by atoms with Crippen molar-refractivity contribution in [3.05, 3.63) is 41.1 Å². The van der Waals surface area contributed by atoms with E-state index in [9.17, 15) is 13.6 Å². The van der Waals surface area contributed by atoms with Crippen LogP contribution in [-0.4, -0.2) is 54.0 Å². The quantitative estimate of drug-likeness (QED) is 0.409. The van der Waals surface area contributed by atoms with Crippen molar-refractivity contribution in [1.29, 1.82) is 0 Å². The van der Waals surface area contributed by atoms with Gasteiger partial charge in [0, 0.05) is 5.56 Å². The molecule has 3 rings (SSSR count). The Balaban J connectivity index is 2.03. The highest BCUT2D eigenvalue weighted by Gasteiger charge is 2.27. The van der Waals surface area contributed by atoms with Crippen molar-refractivity contribution >= 4 is 17.9 Å². The van der Waals surface area contributed by atoms with Crippen LogP contribution in [0, 0.1) is 0 Å². The first kappa shape index (κ1) is 23.6. The normalized spacial score (nSPS) is 14.1. The number of carbonyl (C=O) groups is 1. The lowest BCUT2D eigenvalue weighted by Crippen LogP contribution is -2.07. The predicted molar refractivity (Wildman–Crippen MR) is 113 cm³/mol. The number of rotatable bonds is 9. The van der Waals surface area contributed by atoms with Gasteiger partial charge in [-0.1, -0.05) is 0 Å². The van der Waals surface area contributed by atoms with Crippen LogP contribution in [0.4, 0.5) is 8.78 Å². The molecule has 2 aromatic rings. The summed E-state index contributed by atoms with van der Waals surface area (Å²) in [5.74, 6) is 0.0804. The molecule has 0 saturated carbocycles. The summed E-state index contributed by atoms with van der Waals surface area (Å²) in [6.45, 7) is -3.08. The molecular weight excluding hydrogens is 444 g/mol. The van der Waals surface area contributed by atoms with Crippen LogP contribution in [0.3, 0.4) is 0 Å². The average Bonchev–Trinajstić information content (AvgIpc) is 3.18. The number of nitrogens with zero attached hydrogens (tertiary/aromatic N) is 1. The molecule has 0 amide bonds. The molecule has 176 valence electrons. The van der Waals surface area contributed by atoms with Crippen LogP contribution >= 0.6 is 0 Å². The molecule has 11 heteroatoms. The first-order chi connectivity index (χ1) is 15.8. The van der Waals surface area contributed by atoms with Gasteiger partial charge in [-0.3, -0.25) is 0 Å². The van der Waals surface area contributed by atoms with E-state index in [1.165, 1.54) is 53.8 Å². The largest absolute Gasteiger partial charge is 0.493 e. The fourth-order valence-electron chi connectivity index (χ4n) is 3.08. The maximum absolute atomic E-state index is 12.7. The highest BCUT2D eigenvalue weighted by atomic mass is 19.3. The highest BCUT2D eigenvalue weighted by Crippen LogP contribution is 2.41. The number of alkyl halides is 2. The summed E-state index contributed by atoms with van der Waals surface area (Å²) in [5.41, 5.74) is 0.759. The first-order valence-corrected chi connectivity index (χ1v) is 9.38. The van der Waals surface area contributed by atoms with E-state index >= 15 is 0 Å². The number of aliphatic imine (C=N–C) groups is 1. The summed E-state index contributed by atoms with van der Waals surface area (Å²) in [6, 6.07) is 5.96. The Labute approximate surface area is 188 Å². The van der Waals surface area contributed by atoms with E-state index in [2.05, 4.69) is 9.73 Å². The molecule has 0 radical (unpaired) electrons. The number of methoxy groups -OCH3 is 5. The van der Waals surface area contributed by atoms with Gasteiger partial charge in [0.05, 0.1) is 35.5 Å². The van der Waals surface area contributed by atoms with E-state index in [0.717, 1.165) is 0 Å². The van der Waals surface area contributed by atoms with Crippen molar-refractivity contribution in [2.45, 2.75) is 6.61 Å². The summed E-state index contributed by atoms with van der Waals surface area (Å²) in [6.07, 6.45) is 1.39. The fourth-order valence-corrected chi connectivity index (χ4v) is 3.08. The van der Waals surface area contributed by atoms with Gasteiger partial charge in [0.15, 0.2) is 28.7 Å². The average molecular weight is 465 g/mol. The predicted octanol–water partition coefficient (Wildman–Crippen LogP) is 3.68. The molecule has 33 heavy (non-hydrogen) atoms. The Hall–Kier alpha value is -4.02. The van der Waals surface area contributed by atoms with Crippen LogP contribution in [0.15, 0.2) is 35.0 Å². The SMILES string of the molecule is COc1cc(C2=N/C(=C\c3cc(OC)c(OC(F)F)c(OC)c3)C(=O)O2)cc(OC)c1OC. The number of hydrogen-bond acceptors (Lipinski definition) is 9. The monoisotopic (exact) mass is 465 g/mol. The molecule has 0 bridgehead atoms. The van der Waals surface area contributed by atoms with Crippen LogP contribution in [-0.2, 0) is 9.53 Å². The van der Waals surface area contributed by atoms with Gasteiger partial charge >= 0.3 is 12.6 Å². The van der Waals surface area contributed by atoms with E-state index in [4.69, 9.17) is 28.4 Å². The zero-order chi connectivity index (χ0) is 24.1. The molecule has 0 aromatic heterocycles. The van der Waals surface area contributed by atoms with Crippen LogP contribution in [0.5, 0.6) is 34.5 Å². The van der Waals surface area contributed by atoms with Gasteiger partial charge in [0.1, 0.15) is 0 Å². The second-order valence-electron chi connectivity index (χ2n) is 6.38. The summed E-state index contributed by atoms with van der Waals surface area (Å²) in [5, 5.41) is 0. The molecule has 0 fully saturated rings. The van der Waals surface area contributed by atoms with E-state index < -0.39 is 12.6 Å². The number of carbonyl (C=O) groups excluding carboxylic acids is 1. The summed E-state index contributed by atoms with van der Waals surface area (Å²) < 4.78 is 61.4. The molecule has 0 aliphatic carbocycles. The molecule has 0 spiro atoms. The summed E-state index contributed by atoms with van der Waals surface area (Å²) in [7, 11) is 6.95. The Morgan fingerprint density at radius 1 is 0.818 bits per heavy atom.